The minimum absolute atomic E-state index is 0. The van der Waals surface area contributed by atoms with Crippen LogP contribution in [0.3, 0.4) is 0 Å². The van der Waals surface area contributed by atoms with Crippen molar-refractivity contribution in [1.29, 1.82) is 0 Å². The molecule has 500 valence electrons. The molecule has 34 heteroatoms. The van der Waals surface area contributed by atoms with E-state index in [9.17, 15) is 79.4 Å². The second-order valence-electron chi connectivity index (χ2n) is 22.4. The molecule has 4 heterocycles. The van der Waals surface area contributed by atoms with E-state index in [0.29, 0.717) is 35.4 Å². The Kier molecular flexibility index (Phi) is 27.0. The Labute approximate surface area is 568 Å². The van der Waals surface area contributed by atoms with Crippen LogP contribution in [0.25, 0.3) is 32.3 Å². The molecule has 94 heavy (non-hydrogen) atoms. The standard InChI is InChI=1S/C60H72N10O21S2.Na/c1-4-87-19-20-88-39-16-14-33(15-17-39)32-6-10-35(11-7-32)57-67-68-58(92-57)36-12-8-34(9-13-36)52(79)63-40-23-37(72)26-62-56(83)50-51(78)29(2)27-70(50)60(85)49(44(76)25-46(61)77)66-55(82)48(43(75)21-31-5-18-42(74)45(22-31)89-93-91-90-86)65-54(81)41-24-38(73)28-69(41)59(84)47(30(3)71)64-53(40)80;/h5-18,22,29-30,37-38,40-41,43-44,47-51,71-76,78,86H,4,19-21,23-28H2,1-3H3,(H2,61,77)(H,62,83)(H,63,79)(H,64,80)(H,65,81)(H,66,82);/q;+1/p-1. The number of phenolic OH excluding ortho intramolecular Hbond substituents is 1. The van der Waals surface area contributed by atoms with Gasteiger partial charge in [-0.25, -0.2) is 0 Å². The van der Waals surface area contributed by atoms with Crippen LogP contribution in [0, 0.1) is 5.92 Å². The minimum Gasteiger partial charge on any atom is -0.691 e. The van der Waals surface area contributed by atoms with Gasteiger partial charge in [0.25, 0.3) is 18.2 Å². The summed E-state index contributed by atoms with van der Waals surface area (Å²) < 4.78 is 20.2. The van der Waals surface area contributed by atoms with Gasteiger partial charge in [-0.1, -0.05) is 72.9 Å². The molecule has 3 fully saturated rings. The number of carbonyl (C=O) groups is 8. The maximum atomic E-state index is 14.7. The van der Waals surface area contributed by atoms with E-state index in [-0.39, 0.29) is 58.8 Å². The number of amides is 8. The number of β-amino-alcohol motifs (C(OH)–C–C–N with tert-alkyl or cyclic N) is 1. The van der Waals surface area contributed by atoms with E-state index >= 15 is 0 Å². The first-order valence-corrected chi connectivity index (χ1v) is 30.9. The van der Waals surface area contributed by atoms with Crippen molar-refractivity contribution in [3.8, 4) is 49.5 Å². The van der Waals surface area contributed by atoms with Crippen LogP contribution in [0.15, 0.2) is 91.0 Å². The maximum absolute atomic E-state index is 14.7. The smallest absolute Gasteiger partial charge is 0.691 e. The first-order chi connectivity index (χ1) is 44.4. The molecule has 13 unspecified atom stereocenters. The third-order valence-electron chi connectivity index (χ3n) is 15.6. The number of ether oxygens (including phenoxy) is 2. The fraction of sp³-hybridized carbons (Fsp3) is 0.433. The average Bonchev–Trinajstić information content (AvgIpc) is 1.62. The van der Waals surface area contributed by atoms with Gasteiger partial charge in [-0.2, -0.15) is 0 Å². The van der Waals surface area contributed by atoms with E-state index in [1.807, 2.05) is 55.5 Å². The number of fused-ring (bicyclic) bond motifs is 2. The molecular weight excluding hydrogens is 1280 g/mol. The summed E-state index contributed by atoms with van der Waals surface area (Å²) in [5.74, 6) is -10.5. The zero-order valence-electron chi connectivity index (χ0n) is 51.3. The van der Waals surface area contributed by atoms with Gasteiger partial charge >= 0.3 is 29.6 Å². The molecule has 3 aliphatic heterocycles. The van der Waals surface area contributed by atoms with Crippen LogP contribution < -0.4 is 76.1 Å². The molecule has 0 bridgehead atoms. The van der Waals surface area contributed by atoms with Crippen LogP contribution in [-0.4, -0.2) is 215 Å². The van der Waals surface area contributed by atoms with Crippen molar-refractivity contribution in [3.05, 3.63) is 102 Å². The largest absolute Gasteiger partial charge is 1.00 e. The Hall–Kier alpha value is -7.45. The van der Waals surface area contributed by atoms with Crippen LogP contribution in [0.4, 0.5) is 0 Å². The zero-order valence-corrected chi connectivity index (χ0v) is 54.9. The SMILES string of the molecule is CCOCCOc1ccc(-c2ccc(-c3nnc(-c4ccc(C(=O)NC5CC(O)CNC(=O)C6C(O)C(C)CN6C(=O)C(C(O)CC(N)=O)NC(=O)C(C(O)Cc6ccc(O)c(OSOO[O-])c6)NC(=O)C6CC(O)CN6C(=O)C(C(C)O)NC5=O)cc4)s3)cc2)cc1.[Na+]. The number of aliphatic hydroxyl groups is 6. The number of rotatable bonds is 21. The van der Waals surface area contributed by atoms with Gasteiger partial charge in [0.15, 0.2) is 11.5 Å². The maximum Gasteiger partial charge on any atom is 1.00 e. The Morgan fingerprint density at radius 1 is 0.755 bits per heavy atom. The molecule has 5 aromatic rings. The number of nitrogens with zero attached hydrogens (tertiary/aromatic N) is 4. The number of carbonyl (C=O) groups excluding carboxylic acids is 8. The van der Waals surface area contributed by atoms with Gasteiger partial charge in [-0.3, -0.25) is 43.4 Å². The van der Waals surface area contributed by atoms with E-state index < -0.39 is 177 Å². The monoisotopic (exact) mass is 1350 g/mol. The fourth-order valence-electron chi connectivity index (χ4n) is 10.8. The van der Waals surface area contributed by atoms with E-state index in [0.717, 1.165) is 51.3 Å². The molecule has 0 saturated carbocycles. The molecule has 0 spiro atoms. The molecule has 0 radical (unpaired) electrons. The normalized spacial score (nSPS) is 24.2. The van der Waals surface area contributed by atoms with Crippen molar-refractivity contribution >= 4 is 70.9 Å². The number of hydrogen-bond donors (Lipinski definition) is 13. The molecule has 0 aliphatic carbocycles. The summed E-state index contributed by atoms with van der Waals surface area (Å²) in [6.07, 6.45) is -13.7. The van der Waals surface area contributed by atoms with Crippen molar-refractivity contribution in [2.45, 2.75) is 119 Å². The Morgan fingerprint density at radius 2 is 1.36 bits per heavy atom. The van der Waals surface area contributed by atoms with Gasteiger partial charge in [0.05, 0.1) is 49.7 Å². The van der Waals surface area contributed by atoms with Crippen LogP contribution in [-0.2, 0) is 54.1 Å². The third kappa shape index (κ3) is 18.9. The number of nitrogens with two attached hydrogens (primary N) is 1. The first kappa shape index (κ1) is 74.0. The van der Waals surface area contributed by atoms with E-state index in [1.54, 1.807) is 12.1 Å². The van der Waals surface area contributed by atoms with E-state index in [2.05, 4.69) is 46.2 Å². The summed E-state index contributed by atoms with van der Waals surface area (Å²) in [7, 11) is 0. The molecule has 3 aliphatic rings. The average molecular weight is 1360 g/mol. The number of aromatic hydroxyl groups is 1. The molecule has 3 saturated heterocycles. The number of hydrogen-bond acceptors (Lipinski definition) is 25. The zero-order chi connectivity index (χ0) is 67.2. The molecule has 8 amide bonds. The number of aliphatic hydroxyl groups excluding tert-OH is 6. The first-order valence-electron chi connectivity index (χ1n) is 29.4. The van der Waals surface area contributed by atoms with Gasteiger partial charge in [0.1, 0.15) is 58.6 Å². The van der Waals surface area contributed by atoms with Crippen LogP contribution in [0.2, 0.25) is 0 Å². The second kappa shape index (κ2) is 34.3. The predicted octanol–water partition coefficient (Wildman–Crippen LogP) is -5.35. The topological polar surface area (TPSA) is 466 Å². The Bertz CT molecular complexity index is 3450. The molecule has 1 aromatic heterocycles. The summed E-state index contributed by atoms with van der Waals surface area (Å²) in [4.78, 5) is 115. The number of primary amides is 1. The van der Waals surface area contributed by atoms with Gasteiger partial charge in [-0.15, -0.1) is 14.5 Å². The van der Waals surface area contributed by atoms with Gasteiger partial charge in [-0.05, 0) is 66.9 Å². The molecule has 13 atom stereocenters. The van der Waals surface area contributed by atoms with Crippen LogP contribution >= 0.6 is 23.7 Å². The van der Waals surface area contributed by atoms with Crippen molar-refractivity contribution in [1.82, 2.24) is 46.6 Å². The van der Waals surface area contributed by atoms with Crippen molar-refractivity contribution in [2.24, 2.45) is 11.7 Å². The summed E-state index contributed by atoms with van der Waals surface area (Å²) in [5.41, 5.74) is 8.76. The fourth-order valence-corrected chi connectivity index (χ4v) is 11.9. The van der Waals surface area contributed by atoms with Crippen molar-refractivity contribution < 1.29 is 132 Å². The molecule has 8 rings (SSSR count). The minimum atomic E-state index is -2.23. The molecular formula is C60H71N10NaO21S2. The quantitative estimate of drug-likeness (QED) is 0.0107. The van der Waals surface area contributed by atoms with Crippen molar-refractivity contribution in [2.75, 3.05) is 39.5 Å². The van der Waals surface area contributed by atoms with Crippen molar-refractivity contribution in [3.63, 3.8) is 0 Å². The number of aromatic nitrogens is 2. The Morgan fingerprint density at radius 3 is 1.99 bits per heavy atom. The van der Waals surface area contributed by atoms with E-state index in [1.165, 1.54) is 36.5 Å². The number of nitrogens with one attached hydrogen (secondary N) is 5. The van der Waals surface area contributed by atoms with Gasteiger partial charge in [0.2, 0.25) is 41.4 Å². The number of benzene rings is 4. The summed E-state index contributed by atoms with van der Waals surface area (Å²) in [6, 6.07) is 13.1. The van der Waals surface area contributed by atoms with Gasteiger partial charge in [0, 0.05) is 68.1 Å². The number of phenols is 1. The van der Waals surface area contributed by atoms with Crippen LogP contribution in [0.5, 0.6) is 17.2 Å². The third-order valence-corrected chi connectivity index (χ3v) is 17.0. The summed E-state index contributed by atoms with van der Waals surface area (Å²) in [5, 5.41) is 114. The molecule has 4 aromatic carbocycles. The molecule has 31 nitrogen and oxygen atoms in total. The summed E-state index contributed by atoms with van der Waals surface area (Å²) in [6.45, 7) is 4.27. The molecule has 14 N–H and O–H groups in total. The Balaban J connectivity index is 0.0000125. The summed E-state index contributed by atoms with van der Waals surface area (Å²) >= 11 is 1.28. The van der Waals surface area contributed by atoms with Gasteiger partial charge < -0.3 is 96.8 Å². The van der Waals surface area contributed by atoms with Crippen LogP contribution in [0.1, 0.15) is 56.0 Å². The van der Waals surface area contributed by atoms with E-state index in [4.69, 9.17) is 19.4 Å². The predicted molar refractivity (Wildman–Crippen MR) is 325 cm³/mol. The second-order valence-corrected chi connectivity index (χ2v) is 23.8.